The number of carbonyl (C=O) groups is 4. The monoisotopic (exact) mass is 405 g/mol. The highest BCUT2D eigenvalue weighted by molar-refractivity contribution is 7.98. The van der Waals surface area contributed by atoms with Crippen LogP contribution >= 0.6 is 11.8 Å². The van der Waals surface area contributed by atoms with Crippen LogP contribution in [0, 0.1) is 0 Å². The molecule has 0 saturated heterocycles. The van der Waals surface area contributed by atoms with Gasteiger partial charge >= 0.3 is 5.97 Å². The van der Waals surface area contributed by atoms with Crippen molar-refractivity contribution in [1.82, 2.24) is 16.0 Å². The molecule has 3 amide bonds. The highest BCUT2D eigenvalue weighted by atomic mass is 32.2. The third kappa shape index (κ3) is 11.5. The Balaban J connectivity index is 4.31. The maximum atomic E-state index is 12.0. The van der Waals surface area contributed by atoms with Crippen molar-refractivity contribution >= 4 is 35.5 Å². The number of aliphatic carboxylic acids is 1. The molecule has 10 nitrogen and oxygen atoms in total. The van der Waals surface area contributed by atoms with Gasteiger partial charge in [-0.15, -0.1) is 0 Å². The normalized spacial score (nSPS) is 13.9. The molecular weight excluding hydrogens is 374 g/mol. The van der Waals surface area contributed by atoms with Gasteiger partial charge in [0.05, 0.1) is 12.6 Å². The largest absolute Gasteiger partial charge is 0.480 e. The zero-order valence-corrected chi connectivity index (χ0v) is 16.6. The molecule has 27 heavy (non-hydrogen) atoms. The molecule has 8 N–H and O–H groups in total. The molecule has 0 aliphatic heterocycles. The summed E-state index contributed by atoms with van der Waals surface area (Å²) in [6.45, 7) is 1.53. The van der Waals surface area contributed by atoms with E-state index in [2.05, 4.69) is 16.0 Å². The van der Waals surface area contributed by atoms with Crippen LogP contribution in [-0.2, 0) is 19.2 Å². The van der Waals surface area contributed by atoms with Crippen LogP contribution in [-0.4, -0.2) is 72.0 Å². The van der Waals surface area contributed by atoms with Crippen LogP contribution in [0.15, 0.2) is 0 Å². The molecular formula is C16H31N5O5S. The Labute approximate surface area is 163 Å². The number of hydrogen-bond donors (Lipinski definition) is 6. The van der Waals surface area contributed by atoms with Gasteiger partial charge in [0.2, 0.25) is 17.7 Å². The fourth-order valence-electron chi connectivity index (χ4n) is 2.08. The smallest absolute Gasteiger partial charge is 0.326 e. The Morgan fingerprint density at radius 1 is 1.07 bits per heavy atom. The van der Waals surface area contributed by atoms with Crippen LogP contribution in [0.25, 0.3) is 0 Å². The maximum Gasteiger partial charge on any atom is 0.326 e. The van der Waals surface area contributed by atoms with E-state index in [0.29, 0.717) is 25.8 Å². The summed E-state index contributed by atoms with van der Waals surface area (Å²) in [4.78, 5) is 46.8. The van der Waals surface area contributed by atoms with E-state index in [1.54, 1.807) is 11.8 Å². The molecule has 0 aliphatic carbocycles. The minimum atomic E-state index is -1.15. The molecule has 0 radical (unpaired) electrons. The Bertz CT molecular complexity index is 506. The molecule has 0 aromatic heterocycles. The van der Waals surface area contributed by atoms with E-state index in [1.165, 1.54) is 6.92 Å². The number of amides is 3. The van der Waals surface area contributed by atoms with Crippen molar-refractivity contribution in [1.29, 1.82) is 0 Å². The minimum Gasteiger partial charge on any atom is -0.480 e. The average molecular weight is 406 g/mol. The predicted molar refractivity (Wildman–Crippen MR) is 104 cm³/mol. The maximum absolute atomic E-state index is 12.0. The van der Waals surface area contributed by atoms with Crippen LogP contribution in [0.3, 0.4) is 0 Å². The Hall–Kier alpha value is -1.85. The summed E-state index contributed by atoms with van der Waals surface area (Å²) in [6.07, 6.45) is 3.88. The van der Waals surface area contributed by atoms with Crippen molar-refractivity contribution in [3.8, 4) is 0 Å². The first-order valence-corrected chi connectivity index (χ1v) is 10.2. The summed E-state index contributed by atoms with van der Waals surface area (Å²) >= 11 is 1.56. The summed E-state index contributed by atoms with van der Waals surface area (Å²) in [7, 11) is 0. The van der Waals surface area contributed by atoms with Gasteiger partial charge in [-0.3, -0.25) is 14.4 Å². The molecule has 0 aromatic carbocycles. The number of hydrogen-bond acceptors (Lipinski definition) is 7. The fraction of sp³-hybridized carbons (Fsp3) is 0.750. The summed E-state index contributed by atoms with van der Waals surface area (Å²) < 4.78 is 0. The van der Waals surface area contributed by atoms with Crippen molar-refractivity contribution in [3.63, 3.8) is 0 Å². The number of thioether (sulfide) groups is 1. The van der Waals surface area contributed by atoms with Crippen molar-refractivity contribution in [2.75, 3.05) is 25.1 Å². The van der Waals surface area contributed by atoms with E-state index in [9.17, 15) is 19.2 Å². The number of carboxylic acid groups (broad SMARTS) is 1. The van der Waals surface area contributed by atoms with Gasteiger partial charge in [-0.2, -0.15) is 11.8 Å². The van der Waals surface area contributed by atoms with E-state index in [1.807, 2.05) is 6.26 Å². The molecule has 0 spiro atoms. The summed E-state index contributed by atoms with van der Waals surface area (Å²) in [6, 6.07) is -2.61. The standard InChI is InChI=1S/C16H31N5O5S/c1-10(20-15(24)11(18)6-8-27-2)14(23)19-9-13(22)21-12(16(25)26)5-3-4-7-17/h10-12H,3-9,17-18H2,1-2H3,(H,19,23)(H,20,24)(H,21,22)(H,25,26). The lowest BCUT2D eigenvalue weighted by atomic mass is 10.1. The van der Waals surface area contributed by atoms with Crippen molar-refractivity contribution in [2.45, 2.75) is 50.7 Å². The van der Waals surface area contributed by atoms with Gasteiger partial charge < -0.3 is 32.5 Å². The Kier molecular flexibility index (Phi) is 13.3. The van der Waals surface area contributed by atoms with Gasteiger partial charge in [-0.1, -0.05) is 0 Å². The molecule has 0 bridgehead atoms. The molecule has 3 atom stereocenters. The minimum absolute atomic E-state index is 0.257. The van der Waals surface area contributed by atoms with Gasteiger partial charge in [-0.25, -0.2) is 4.79 Å². The quantitative estimate of drug-likeness (QED) is 0.187. The molecule has 0 heterocycles. The van der Waals surface area contributed by atoms with Crippen LogP contribution in [0.1, 0.15) is 32.6 Å². The van der Waals surface area contributed by atoms with Crippen LogP contribution in [0.2, 0.25) is 0 Å². The predicted octanol–water partition coefficient (Wildman–Crippen LogP) is -1.61. The number of nitrogens with two attached hydrogens (primary N) is 2. The lowest BCUT2D eigenvalue weighted by Gasteiger charge is -2.18. The number of carboxylic acids is 1. The third-order valence-electron chi connectivity index (χ3n) is 3.73. The molecule has 0 saturated carbocycles. The highest BCUT2D eigenvalue weighted by Gasteiger charge is 2.22. The number of unbranched alkanes of at least 4 members (excludes halogenated alkanes) is 1. The number of rotatable bonds is 14. The van der Waals surface area contributed by atoms with E-state index < -0.39 is 48.4 Å². The third-order valence-corrected chi connectivity index (χ3v) is 4.37. The molecule has 0 aromatic rings. The van der Waals surface area contributed by atoms with Gasteiger partial charge in [0.15, 0.2) is 0 Å². The molecule has 0 aliphatic rings. The molecule has 0 rings (SSSR count). The zero-order valence-electron chi connectivity index (χ0n) is 15.8. The SMILES string of the molecule is CSCCC(N)C(=O)NC(C)C(=O)NCC(=O)NC(CCCCN)C(=O)O. The van der Waals surface area contributed by atoms with E-state index in [0.717, 1.165) is 5.75 Å². The first-order valence-electron chi connectivity index (χ1n) is 8.77. The highest BCUT2D eigenvalue weighted by Crippen LogP contribution is 2.01. The van der Waals surface area contributed by atoms with Crippen molar-refractivity contribution in [2.24, 2.45) is 11.5 Å². The zero-order chi connectivity index (χ0) is 20.8. The summed E-state index contributed by atoms with van der Waals surface area (Å²) in [5.41, 5.74) is 11.1. The second kappa shape index (κ2) is 14.2. The molecule has 11 heteroatoms. The molecule has 0 fully saturated rings. The second-order valence-corrected chi connectivity index (χ2v) is 7.06. The lowest BCUT2D eigenvalue weighted by molar-refractivity contribution is -0.142. The second-order valence-electron chi connectivity index (χ2n) is 6.08. The summed E-state index contributed by atoms with van der Waals surface area (Å²) in [5, 5.41) is 16.3. The summed E-state index contributed by atoms with van der Waals surface area (Å²) in [5.74, 6) is -2.05. The Morgan fingerprint density at radius 2 is 1.74 bits per heavy atom. The molecule has 156 valence electrons. The number of nitrogens with one attached hydrogen (secondary N) is 3. The Morgan fingerprint density at radius 3 is 2.30 bits per heavy atom. The average Bonchev–Trinajstić information content (AvgIpc) is 2.62. The molecule has 3 unspecified atom stereocenters. The fourth-order valence-corrected chi connectivity index (χ4v) is 2.57. The van der Waals surface area contributed by atoms with Crippen LogP contribution < -0.4 is 27.4 Å². The van der Waals surface area contributed by atoms with Crippen molar-refractivity contribution < 1.29 is 24.3 Å². The van der Waals surface area contributed by atoms with Gasteiger partial charge in [0, 0.05) is 0 Å². The van der Waals surface area contributed by atoms with Gasteiger partial charge in [0.1, 0.15) is 12.1 Å². The van der Waals surface area contributed by atoms with E-state index in [-0.39, 0.29) is 6.42 Å². The van der Waals surface area contributed by atoms with Gasteiger partial charge in [-0.05, 0) is 51.2 Å². The van der Waals surface area contributed by atoms with Crippen molar-refractivity contribution in [3.05, 3.63) is 0 Å². The lowest BCUT2D eigenvalue weighted by Crippen LogP contribution is -2.52. The first kappa shape index (κ1) is 25.1. The van der Waals surface area contributed by atoms with Gasteiger partial charge in [0.25, 0.3) is 0 Å². The number of carbonyl (C=O) groups excluding carboxylic acids is 3. The van der Waals surface area contributed by atoms with Crippen LogP contribution in [0.5, 0.6) is 0 Å². The van der Waals surface area contributed by atoms with Crippen LogP contribution in [0.4, 0.5) is 0 Å². The topological polar surface area (TPSA) is 177 Å². The first-order chi connectivity index (χ1) is 12.7. The van der Waals surface area contributed by atoms with E-state index >= 15 is 0 Å². The van der Waals surface area contributed by atoms with E-state index in [4.69, 9.17) is 16.6 Å².